The van der Waals surface area contributed by atoms with Crippen LogP contribution in [0.5, 0.6) is 11.5 Å². The third kappa shape index (κ3) is 8.04. The first-order valence-corrected chi connectivity index (χ1v) is 18.6. The van der Waals surface area contributed by atoms with Gasteiger partial charge < -0.3 is 20.8 Å². The predicted octanol–water partition coefficient (Wildman–Crippen LogP) is 11.3. The van der Waals surface area contributed by atoms with E-state index in [9.17, 15) is 32.8 Å². The summed E-state index contributed by atoms with van der Waals surface area (Å²) in [7, 11) is -4.40. The molecule has 56 heavy (non-hydrogen) atoms. The Morgan fingerprint density at radius 1 is 0.571 bits per heavy atom. The highest BCUT2D eigenvalue weighted by Crippen LogP contribution is 2.42. The van der Waals surface area contributed by atoms with Crippen LogP contribution in [0.4, 0.5) is 34.1 Å². The molecule has 16 heteroatoms. The lowest BCUT2D eigenvalue weighted by Crippen LogP contribution is -2.13. The van der Waals surface area contributed by atoms with Gasteiger partial charge in [0.2, 0.25) is 0 Å². The molecule has 0 aromatic heterocycles. The van der Waals surface area contributed by atoms with Crippen LogP contribution in [0.15, 0.2) is 153 Å². The van der Waals surface area contributed by atoms with Crippen molar-refractivity contribution < 1.29 is 32.8 Å². The van der Waals surface area contributed by atoms with Gasteiger partial charge in [-0.25, -0.2) is 0 Å². The van der Waals surface area contributed by atoms with Gasteiger partial charge in [-0.15, -0.1) is 15.3 Å². The highest BCUT2D eigenvalue weighted by atomic mass is 35.5. The monoisotopic (exact) mass is 804 g/mol. The molecule has 0 spiro atoms. The van der Waals surface area contributed by atoms with Gasteiger partial charge in [0.25, 0.3) is 21.9 Å². The second kappa shape index (κ2) is 15.6. The van der Waals surface area contributed by atoms with E-state index in [1.165, 1.54) is 42.5 Å². The number of nitrogens with zero attached hydrogens (tertiary/aromatic N) is 4. The molecule has 0 radical (unpaired) electrons. The molecule has 13 nitrogen and oxygen atoms in total. The van der Waals surface area contributed by atoms with Gasteiger partial charge in [-0.2, -0.15) is 13.5 Å². The van der Waals surface area contributed by atoms with Crippen molar-refractivity contribution in [2.24, 2.45) is 20.5 Å². The third-order valence-electron chi connectivity index (χ3n) is 8.45. The Labute approximate surface area is 328 Å². The van der Waals surface area contributed by atoms with E-state index in [0.717, 1.165) is 12.1 Å². The Morgan fingerprint density at radius 3 is 1.55 bits per heavy atom. The summed E-state index contributed by atoms with van der Waals surface area (Å²) in [6.45, 7) is 0. The summed E-state index contributed by atoms with van der Waals surface area (Å²) in [5, 5.41) is 47.5. The van der Waals surface area contributed by atoms with Crippen molar-refractivity contribution >= 4 is 101 Å². The van der Waals surface area contributed by atoms with Crippen LogP contribution >= 0.6 is 23.2 Å². The number of nitrogens with one attached hydrogen (secondary N) is 2. The maximum absolute atomic E-state index is 13.5. The molecule has 0 saturated carbocycles. The minimum atomic E-state index is -4.40. The normalized spacial score (nSPS) is 11.8. The summed E-state index contributed by atoms with van der Waals surface area (Å²) in [6, 6.07) is 32.8. The van der Waals surface area contributed by atoms with Crippen LogP contribution in [0, 0.1) is 0 Å². The molecule has 0 bridgehead atoms. The minimum Gasteiger partial charge on any atom is -0.505 e. The van der Waals surface area contributed by atoms with E-state index in [4.69, 9.17) is 23.2 Å². The van der Waals surface area contributed by atoms with E-state index >= 15 is 0 Å². The number of carbonyl (C=O) groups excluding carboxylic acids is 2. The lowest BCUT2D eigenvalue weighted by molar-refractivity contribution is 0.101. The minimum absolute atomic E-state index is 0.000000101. The van der Waals surface area contributed by atoms with Gasteiger partial charge in [0, 0.05) is 27.2 Å². The molecule has 278 valence electrons. The zero-order valence-electron chi connectivity index (χ0n) is 28.6. The molecule has 0 heterocycles. The Morgan fingerprint density at radius 2 is 1.05 bits per heavy atom. The molecule has 2 amide bonds. The molecule has 0 atom stereocenters. The van der Waals surface area contributed by atoms with Crippen molar-refractivity contribution in [1.29, 1.82) is 0 Å². The van der Waals surface area contributed by atoms with Crippen molar-refractivity contribution in [2.45, 2.75) is 4.90 Å². The molecule has 0 aliphatic carbocycles. The first-order chi connectivity index (χ1) is 26.9. The number of fused-ring (bicyclic) bond motifs is 2. The van der Waals surface area contributed by atoms with Gasteiger partial charge in [-0.3, -0.25) is 14.1 Å². The first-order valence-electron chi connectivity index (χ1n) is 16.4. The topological polar surface area (TPSA) is 202 Å². The van der Waals surface area contributed by atoms with Crippen LogP contribution in [0.1, 0.15) is 20.7 Å². The van der Waals surface area contributed by atoms with E-state index in [1.807, 2.05) is 0 Å². The summed E-state index contributed by atoms with van der Waals surface area (Å²) in [4.78, 5) is 26.7. The molecule has 0 aliphatic rings. The predicted molar refractivity (Wildman–Crippen MR) is 215 cm³/mol. The number of halogens is 2. The Hall–Kier alpha value is -6.71. The highest BCUT2D eigenvalue weighted by molar-refractivity contribution is 7.85. The molecule has 5 N–H and O–H groups in total. The lowest BCUT2D eigenvalue weighted by Gasteiger charge is -2.13. The molecule has 0 unspecified atom stereocenters. The van der Waals surface area contributed by atoms with Gasteiger partial charge in [0.05, 0.1) is 26.7 Å². The van der Waals surface area contributed by atoms with Gasteiger partial charge in [0.1, 0.15) is 17.1 Å². The average molecular weight is 806 g/mol. The molecular formula is C40H26Cl2N6O7S. The number of phenolic OH excluding ortho intramolecular Hbond substituents is 2. The lowest BCUT2D eigenvalue weighted by atomic mass is 10.0. The van der Waals surface area contributed by atoms with Crippen molar-refractivity contribution in [2.75, 3.05) is 10.6 Å². The van der Waals surface area contributed by atoms with Crippen LogP contribution in [-0.2, 0) is 10.1 Å². The number of hydrogen-bond acceptors (Lipinski definition) is 10. The van der Waals surface area contributed by atoms with E-state index in [-0.39, 0.29) is 38.8 Å². The number of aromatic hydroxyl groups is 2. The van der Waals surface area contributed by atoms with Crippen LogP contribution < -0.4 is 10.6 Å². The number of rotatable bonds is 9. The smallest absolute Gasteiger partial charge is 0.294 e. The number of amides is 2. The summed E-state index contributed by atoms with van der Waals surface area (Å²) in [5.41, 5.74) is 1.06. The fourth-order valence-corrected chi connectivity index (χ4v) is 6.48. The highest BCUT2D eigenvalue weighted by Gasteiger charge is 2.21. The molecule has 7 aromatic carbocycles. The zero-order chi connectivity index (χ0) is 39.6. The van der Waals surface area contributed by atoms with Crippen LogP contribution in [0.25, 0.3) is 21.5 Å². The number of carbonyl (C=O) groups is 2. The molecule has 0 fully saturated rings. The summed E-state index contributed by atoms with van der Waals surface area (Å²) in [5.74, 6) is -2.16. The molecule has 7 aromatic rings. The SMILES string of the molecule is O=C(Nc1ccc(NC(=O)c2cc3ccccc3c(N=Nc3cc(Cl)ccc3Cl)c2O)cc1)c1cc2ccccc2c(N=Nc2ccc(S(=O)(=O)O)cc2)c1O. The molecule has 0 saturated heterocycles. The maximum atomic E-state index is 13.5. The Bertz CT molecular complexity index is 2870. The quantitative estimate of drug-likeness (QED) is 0.0705. The van der Waals surface area contributed by atoms with E-state index in [0.29, 0.717) is 43.0 Å². The number of azo groups is 2. The largest absolute Gasteiger partial charge is 0.505 e. The summed E-state index contributed by atoms with van der Waals surface area (Å²) < 4.78 is 32.0. The molecule has 7 rings (SSSR count). The summed E-state index contributed by atoms with van der Waals surface area (Å²) >= 11 is 12.3. The van der Waals surface area contributed by atoms with Crippen molar-refractivity contribution in [1.82, 2.24) is 0 Å². The van der Waals surface area contributed by atoms with Gasteiger partial charge in [0.15, 0.2) is 11.5 Å². The van der Waals surface area contributed by atoms with E-state index in [2.05, 4.69) is 31.1 Å². The van der Waals surface area contributed by atoms with Crippen LogP contribution in [0.2, 0.25) is 10.0 Å². The Kier molecular flexibility index (Phi) is 10.5. The van der Waals surface area contributed by atoms with Gasteiger partial charge in [-0.1, -0.05) is 71.7 Å². The van der Waals surface area contributed by atoms with E-state index < -0.39 is 33.4 Å². The first kappa shape index (κ1) is 37.6. The fraction of sp³-hybridized carbons (Fsp3) is 0. The number of anilines is 2. The van der Waals surface area contributed by atoms with Crippen LogP contribution in [-0.4, -0.2) is 35.0 Å². The third-order valence-corrected chi connectivity index (χ3v) is 9.87. The van der Waals surface area contributed by atoms with Crippen molar-refractivity contribution in [3.63, 3.8) is 0 Å². The number of phenols is 2. The van der Waals surface area contributed by atoms with Crippen molar-refractivity contribution in [3.05, 3.63) is 149 Å². The maximum Gasteiger partial charge on any atom is 0.294 e. The van der Waals surface area contributed by atoms with E-state index in [1.54, 1.807) is 72.8 Å². The summed E-state index contributed by atoms with van der Waals surface area (Å²) in [6.07, 6.45) is 0. The standard InChI is InChI=1S/C40H26Cl2N6O7S/c41-24-9-18-33(42)34(21-24)46-48-36-30-8-4-2-6-23(30)20-32(38(36)50)40(52)44-26-12-10-25(11-13-26)43-39(51)31-19-22-5-1-3-7-29(22)35(37(31)49)47-45-27-14-16-28(17-15-27)56(53,54)55/h1-21,49-50H,(H,43,51)(H,44,52)(H,53,54,55). The second-order valence-corrected chi connectivity index (χ2v) is 14.4. The van der Waals surface area contributed by atoms with Gasteiger partial charge in [-0.05, 0) is 89.6 Å². The zero-order valence-corrected chi connectivity index (χ0v) is 30.9. The number of benzene rings is 7. The van der Waals surface area contributed by atoms with Crippen LogP contribution in [0.3, 0.4) is 0 Å². The second-order valence-electron chi connectivity index (χ2n) is 12.1. The number of hydrogen-bond donors (Lipinski definition) is 5. The fourth-order valence-electron chi connectivity index (χ4n) is 5.68. The molecule has 0 aliphatic heterocycles. The molecular weight excluding hydrogens is 779 g/mol. The average Bonchev–Trinajstić information content (AvgIpc) is 3.18. The van der Waals surface area contributed by atoms with Gasteiger partial charge >= 0.3 is 0 Å². The van der Waals surface area contributed by atoms with Crippen molar-refractivity contribution in [3.8, 4) is 11.5 Å². The Balaban J connectivity index is 1.11.